The van der Waals surface area contributed by atoms with Crippen LogP contribution in [0.3, 0.4) is 0 Å². The molecule has 1 N–H and O–H groups in total. The molecular formula is C28H26N2O5. The van der Waals surface area contributed by atoms with Crippen molar-refractivity contribution in [3.63, 3.8) is 0 Å². The smallest absolute Gasteiger partial charge is 0.295 e. The summed E-state index contributed by atoms with van der Waals surface area (Å²) < 4.78 is 10.8. The second-order valence-corrected chi connectivity index (χ2v) is 8.14. The summed E-state index contributed by atoms with van der Waals surface area (Å²) in [5.74, 6) is -0.393. The third-order valence-electron chi connectivity index (χ3n) is 5.87. The zero-order valence-corrected chi connectivity index (χ0v) is 19.6. The maximum absolute atomic E-state index is 13.3. The Morgan fingerprint density at radius 3 is 2.51 bits per heavy atom. The van der Waals surface area contributed by atoms with Crippen molar-refractivity contribution in [1.82, 2.24) is 9.88 Å². The van der Waals surface area contributed by atoms with Gasteiger partial charge in [-0.25, -0.2) is 0 Å². The molecular weight excluding hydrogens is 444 g/mol. The maximum atomic E-state index is 13.3. The van der Waals surface area contributed by atoms with Gasteiger partial charge in [0.1, 0.15) is 23.9 Å². The minimum Gasteiger partial charge on any atom is -0.507 e. The lowest BCUT2D eigenvalue weighted by Crippen LogP contribution is -2.29. The molecule has 1 amide bonds. The molecule has 1 atom stereocenters. The number of aromatic nitrogens is 1. The normalized spacial score (nSPS) is 16.9. The number of methoxy groups -OCH3 is 1. The molecule has 0 aliphatic carbocycles. The van der Waals surface area contributed by atoms with Gasteiger partial charge >= 0.3 is 0 Å². The van der Waals surface area contributed by atoms with Crippen molar-refractivity contribution in [3.05, 3.63) is 107 Å². The van der Waals surface area contributed by atoms with Crippen LogP contribution in [0.2, 0.25) is 0 Å². The van der Waals surface area contributed by atoms with Crippen LogP contribution in [-0.4, -0.2) is 40.4 Å². The third-order valence-corrected chi connectivity index (χ3v) is 5.87. The van der Waals surface area contributed by atoms with E-state index in [0.717, 1.165) is 5.56 Å². The molecule has 0 bridgehead atoms. The molecule has 0 spiro atoms. The van der Waals surface area contributed by atoms with Gasteiger partial charge in [-0.15, -0.1) is 0 Å². The van der Waals surface area contributed by atoms with E-state index in [0.29, 0.717) is 34.8 Å². The van der Waals surface area contributed by atoms with Crippen molar-refractivity contribution in [2.45, 2.75) is 19.5 Å². The number of ether oxygens (including phenoxy) is 2. The summed E-state index contributed by atoms with van der Waals surface area (Å²) in [7, 11) is 1.56. The number of carbonyl (C=O) groups excluding carboxylic acids is 2. The van der Waals surface area contributed by atoms with Crippen LogP contribution < -0.4 is 9.47 Å². The maximum Gasteiger partial charge on any atom is 0.295 e. The third kappa shape index (κ3) is 4.80. The molecule has 178 valence electrons. The molecule has 1 saturated heterocycles. The van der Waals surface area contributed by atoms with Gasteiger partial charge in [-0.1, -0.05) is 30.9 Å². The zero-order chi connectivity index (χ0) is 24.9. The first-order valence-electron chi connectivity index (χ1n) is 11.1. The summed E-state index contributed by atoms with van der Waals surface area (Å²) in [5, 5.41) is 11.4. The van der Waals surface area contributed by atoms with Crippen LogP contribution in [0.15, 0.2) is 85.2 Å². The van der Waals surface area contributed by atoms with Crippen LogP contribution in [0.4, 0.5) is 0 Å². The first-order chi connectivity index (χ1) is 16.9. The summed E-state index contributed by atoms with van der Waals surface area (Å²) in [6.07, 6.45) is 4.93. The molecule has 0 saturated carbocycles. The number of carbonyl (C=O) groups is 2. The second kappa shape index (κ2) is 10.3. The second-order valence-electron chi connectivity index (χ2n) is 8.14. The van der Waals surface area contributed by atoms with E-state index < -0.39 is 17.7 Å². The van der Waals surface area contributed by atoms with E-state index in [-0.39, 0.29) is 17.9 Å². The molecule has 1 aromatic heterocycles. The van der Waals surface area contributed by atoms with Gasteiger partial charge in [0.05, 0.1) is 18.7 Å². The molecule has 35 heavy (non-hydrogen) atoms. The number of amides is 1. The Kier molecular flexibility index (Phi) is 6.96. The Morgan fingerprint density at radius 2 is 1.89 bits per heavy atom. The number of aliphatic hydroxyl groups excluding tert-OH is 1. The Balaban J connectivity index is 1.82. The van der Waals surface area contributed by atoms with Crippen molar-refractivity contribution in [1.29, 1.82) is 0 Å². The Labute approximate surface area is 203 Å². The van der Waals surface area contributed by atoms with E-state index in [1.165, 1.54) is 4.90 Å². The molecule has 0 radical (unpaired) electrons. The van der Waals surface area contributed by atoms with Crippen LogP contribution in [-0.2, 0) is 16.1 Å². The van der Waals surface area contributed by atoms with Gasteiger partial charge in [0.2, 0.25) is 0 Å². The van der Waals surface area contributed by atoms with Crippen molar-refractivity contribution in [2.24, 2.45) is 0 Å². The van der Waals surface area contributed by atoms with Gasteiger partial charge in [-0.2, -0.15) is 0 Å². The number of ketones is 1. The highest BCUT2D eigenvalue weighted by Crippen LogP contribution is 2.41. The van der Waals surface area contributed by atoms with Gasteiger partial charge in [0, 0.05) is 24.5 Å². The van der Waals surface area contributed by atoms with Crippen LogP contribution in [0.5, 0.6) is 11.5 Å². The number of hydrogen-bond donors (Lipinski definition) is 1. The largest absolute Gasteiger partial charge is 0.507 e. The summed E-state index contributed by atoms with van der Waals surface area (Å²) in [6, 6.07) is 15.1. The molecule has 1 fully saturated rings. The van der Waals surface area contributed by atoms with E-state index in [2.05, 4.69) is 11.6 Å². The molecule has 4 rings (SSSR count). The van der Waals surface area contributed by atoms with Crippen LogP contribution in [0.1, 0.15) is 28.3 Å². The number of benzene rings is 2. The number of aliphatic hydroxyl groups is 1. The van der Waals surface area contributed by atoms with Crippen molar-refractivity contribution in [3.8, 4) is 11.5 Å². The van der Waals surface area contributed by atoms with Crippen LogP contribution in [0, 0.1) is 6.92 Å². The quantitative estimate of drug-likeness (QED) is 0.224. The summed E-state index contributed by atoms with van der Waals surface area (Å²) >= 11 is 0. The molecule has 1 unspecified atom stereocenters. The number of aryl methyl sites for hydroxylation is 1. The Hall–Kier alpha value is -4.39. The van der Waals surface area contributed by atoms with E-state index in [9.17, 15) is 14.7 Å². The molecule has 1 aliphatic rings. The Bertz CT molecular complexity index is 1280. The fraction of sp³-hybridized carbons (Fsp3) is 0.179. The first-order valence-corrected chi connectivity index (χ1v) is 11.1. The Morgan fingerprint density at radius 1 is 1.14 bits per heavy atom. The average Bonchev–Trinajstić information content (AvgIpc) is 3.12. The number of pyridine rings is 1. The topological polar surface area (TPSA) is 89.0 Å². The monoisotopic (exact) mass is 470 g/mol. The molecule has 3 aromatic rings. The van der Waals surface area contributed by atoms with E-state index >= 15 is 0 Å². The lowest BCUT2D eigenvalue weighted by Gasteiger charge is -2.25. The van der Waals surface area contributed by atoms with Crippen LogP contribution >= 0.6 is 0 Å². The predicted molar refractivity (Wildman–Crippen MR) is 132 cm³/mol. The summed E-state index contributed by atoms with van der Waals surface area (Å²) in [6.45, 7) is 5.96. The van der Waals surface area contributed by atoms with Gasteiger partial charge in [0.15, 0.2) is 0 Å². The number of nitrogens with zero attached hydrogens (tertiary/aromatic N) is 2. The van der Waals surface area contributed by atoms with Gasteiger partial charge in [-0.3, -0.25) is 14.6 Å². The highest BCUT2D eigenvalue weighted by Gasteiger charge is 2.46. The number of Topliss-reactive ketones (excluding diaryl/α,β-unsaturated/α-hetero) is 1. The van der Waals surface area contributed by atoms with E-state index in [1.807, 2.05) is 13.0 Å². The standard InChI is InChI=1S/C28H26N2O5/c1-4-14-35-22-11-12-23(18(2)15-22)26(31)24-25(20-7-9-21(34-3)10-8-20)30(28(33)27(24)32)17-19-6-5-13-29-16-19/h4-13,15-16,25,31H,1,14,17H2,2-3H3/b26-24-. The average molecular weight is 471 g/mol. The predicted octanol–water partition coefficient (Wildman–Crippen LogP) is 4.59. The highest BCUT2D eigenvalue weighted by atomic mass is 16.5. The molecule has 2 aromatic carbocycles. The fourth-order valence-electron chi connectivity index (χ4n) is 4.16. The lowest BCUT2D eigenvalue weighted by atomic mass is 9.93. The van der Waals surface area contributed by atoms with Gasteiger partial charge in [-0.05, 0) is 60.0 Å². The van der Waals surface area contributed by atoms with Crippen molar-refractivity contribution < 1.29 is 24.2 Å². The number of likely N-dealkylation sites (tertiary alicyclic amines) is 1. The van der Waals surface area contributed by atoms with E-state index in [1.54, 1.807) is 74.1 Å². The van der Waals surface area contributed by atoms with Gasteiger partial charge < -0.3 is 19.5 Å². The lowest BCUT2D eigenvalue weighted by molar-refractivity contribution is -0.140. The molecule has 2 heterocycles. The van der Waals surface area contributed by atoms with E-state index in [4.69, 9.17) is 9.47 Å². The molecule has 7 nitrogen and oxygen atoms in total. The highest BCUT2D eigenvalue weighted by molar-refractivity contribution is 6.46. The zero-order valence-electron chi connectivity index (χ0n) is 19.6. The van der Waals surface area contributed by atoms with Crippen molar-refractivity contribution >= 4 is 17.4 Å². The van der Waals surface area contributed by atoms with Crippen molar-refractivity contribution in [2.75, 3.05) is 13.7 Å². The fourth-order valence-corrected chi connectivity index (χ4v) is 4.16. The molecule has 7 heteroatoms. The minimum atomic E-state index is -0.780. The minimum absolute atomic E-state index is 0.0342. The van der Waals surface area contributed by atoms with Crippen LogP contribution in [0.25, 0.3) is 5.76 Å². The first kappa shape index (κ1) is 23.8. The number of rotatable bonds is 8. The number of hydrogen-bond acceptors (Lipinski definition) is 6. The van der Waals surface area contributed by atoms with Gasteiger partial charge in [0.25, 0.3) is 11.7 Å². The summed E-state index contributed by atoms with van der Waals surface area (Å²) in [5.41, 5.74) is 2.64. The summed E-state index contributed by atoms with van der Waals surface area (Å²) in [4.78, 5) is 32.0. The molecule has 1 aliphatic heterocycles. The SMILES string of the molecule is C=CCOc1ccc(/C(O)=C2/C(=O)C(=O)N(Cc3cccnc3)C2c2ccc(OC)cc2)c(C)c1.